The molecule has 0 atom stereocenters. The molecular weight excluding hydrogens is 377 g/mol. The van der Waals surface area contributed by atoms with Crippen LogP contribution in [0.5, 0.6) is 0 Å². The Hall–Kier alpha value is -0.890. The highest BCUT2D eigenvalue weighted by Crippen LogP contribution is 2.27. The quantitative estimate of drug-likeness (QED) is 0.789. The van der Waals surface area contributed by atoms with Crippen molar-refractivity contribution >= 4 is 36.4 Å². The molecule has 0 spiro atoms. The van der Waals surface area contributed by atoms with E-state index in [1.54, 1.807) is 0 Å². The number of nitrogens with one attached hydrogen (secondary N) is 2. The lowest BCUT2D eigenvalue weighted by atomic mass is 9.86. The predicted molar refractivity (Wildman–Crippen MR) is 114 cm³/mol. The van der Waals surface area contributed by atoms with Gasteiger partial charge in [-0.05, 0) is 58.7 Å². The van der Waals surface area contributed by atoms with Crippen molar-refractivity contribution in [1.82, 2.24) is 10.2 Å². The lowest BCUT2D eigenvalue weighted by molar-refractivity contribution is -0.124. The van der Waals surface area contributed by atoms with Crippen molar-refractivity contribution in [1.29, 1.82) is 0 Å². The standard InChI is InChI=1S/C18H29N3O.2ClH.2H2O/c1-13(2)21-11-9-18(19-5,10-12-21)17(22)20-16-14(3)7-6-8-15(16)4;;;;/h6-8,13,19H,9-12H2,1-5H3,(H,20,22);2*1H;2*1H2. The third-order valence-corrected chi connectivity index (χ3v) is 5.01. The van der Waals surface area contributed by atoms with Gasteiger partial charge >= 0.3 is 0 Å². The fourth-order valence-corrected chi connectivity index (χ4v) is 3.26. The van der Waals surface area contributed by atoms with Gasteiger partial charge in [0.15, 0.2) is 0 Å². The number of amides is 1. The van der Waals surface area contributed by atoms with Gasteiger partial charge in [0.25, 0.3) is 0 Å². The summed E-state index contributed by atoms with van der Waals surface area (Å²) in [6.07, 6.45) is 1.69. The molecule has 0 unspecified atom stereocenters. The second kappa shape index (κ2) is 12.5. The molecule has 0 radical (unpaired) electrons. The topological polar surface area (TPSA) is 107 Å². The van der Waals surface area contributed by atoms with Gasteiger partial charge in [0.05, 0.1) is 0 Å². The molecule has 1 heterocycles. The first kappa shape index (κ1) is 29.9. The number of hydrogen-bond acceptors (Lipinski definition) is 3. The molecule has 1 aromatic carbocycles. The number of carbonyl (C=O) groups excluding carboxylic acids is 1. The molecular formula is C18H35Cl2N3O3. The highest BCUT2D eigenvalue weighted by atomic mass is 35.5. The number of hydrogen-bond donors (Lipinski definition) is 2. The normalized spacial score (nSPS) is 15.6. The van der Waals surface area contributed by atoms with Crippen LogP contribution in [0.4, 0.5) is 5.69 Å². The molecule has 0 bridgehead atoms. The Balaban J connectivity index is -0.00000132. The van der Waals surface area contributed by atoms with Gasteiger partial charge in [0, 0.05) is 24.8 Å². The van der Waals surface area contributed by atoms with E-state index in [4.69, 9.17) is 0 Å². The molecule has 1 aromatic rings. The van der Waals surface area contributed by atoms with Gasteiger partial charge in [0.1, 0.15) is 5.54 Å². The van der Waals surface area contributed by atoms with Gasteiger partial charge < -0.3 is 26.5 Å². The Morgan fingerprint density at radius 2 is 1.54 bits per heavy atom. The maximum atomic E-state index is 12.9. The number of halogens is 2. The molecule has 0 aliphatic carbocycles. The van der Waals surface area contributed by atoms with Crippen LogP contribution in [0.25, 0.3) is 0 Å². The van der Waals surface area contributed by atoms with Crippen LogP contribution in [-0.4, -0.2) is 53.5 Å². The van der Waals surface area contributed by atoms with E-state index < -0.39 is 5.54 Å². The zero-order valence-corrected chi connectivity index (χ0v) is 17.9. The fraction of sp³-hybridized carbons (Fsp3) is 0.611. The van der Waals surface area contributed by atoms with E-state index in [0.29, 0.717) is 6.04 Å². The van der Waals surface area contributed by atoms with E-state index in [0.717, 1.165) is 42.7 Å². The average molecular weight is 412 g/mol. The van der Waals surface area contributed by atoms with Gasteiger partial charge in [-0.3, -0.25) is 4.79 Å². The highest BCUT2D eigenvalue weighted by Gasteiger charge is 2.40. The number of likely N-dealkylation sites (tertiary alicyclic amines) is 1. The molecule has 1 saturated heterocycles. The van der Waals surface area contributed by atoms with Crippen LogP contribution < -0.4 is 10.6 Å². The first-order chi connectivity index (χ1) is 10.4. The number of benzene rings is 1. The van der Waals surface area contributed by atoms with Crippen LogP contribution in [-0.2, 0) is 4.79 Å². The molecule has 0 aromatic heterocycles. The van der Waals surface area contributed by atoms with E-state index >= 15 is 0 Å². The average Bonchev–Trinajstić information content (AvgIpc) is 2.50. The number of aryl methyl sites for hydroxylation is 2. The van der Waals surface area contributed by atoms with Crippen LogP contribution in [0.2, 0.25) is 0 Å². The molecule has 26 heavy (non-hydrogen) atoms. The van der Waals surface area contributed by atoms with Gasteiger partial charge in [-0.1, -0.05) is 18.2 Å². The number of likely N-dealkylation sites (N-methyl/N-ethyl adjacent to an activating group) is 1. The maximum Gasteiger partial charge on any atom is 0.244 e. The first-order valence-corrected chi connectivity index (χ1v) is 8.20. The Bertz CT molecular complexity index is 528. The van der Waals surface area contributed by atoms with Crippen molar-refractivity contribution in [2.45, 2.75) is 52.1 Å². The van der Waals surface area contributed by atoms with Crippen LogP contribution in [0, 0.1) is 13.8 Å². The van der Waals surface area contributed by atoms with E-state index in [1.807, 2.05) is 39.1 Å². The minimum absolute atomic E-state index is 0. The summed E-state index contributed by atoms with van der Waals surface area (Å²) in [5.74, 6) is 0.0933. The molecule has 6 N–H and O–H groups in total. The summed E-state index contributed by atoms with van der Waals surface area (Å²) in [6, 6.07) is 6.64. The van der Waals surface area contributed by atoms with E-state index in [1.165, 1.54) is 0 Å². The molecule has 1 aliphatic rings. The zero-order chi connectivity index (χ0) is 16.3. The molecule has 8 heteroatoms. The van der Waals surface area contributed by atoms with Crippen LogP contribution >= 0.6 is 24.8 Å². The van der Waals surface area contributed by atoms with Gasteiger partial charge in [-0.15, -0.1) is 24.8 Å². The number of piperidine rings is 1. The van der Waals surface area contributed by atoms with Crippen molar-refractivity contribution in [3.05, 3.63) is 29.3 Å². The summed E-state index contributed by atoms with van der Waals surface area (Å²) < 4.78 is 0. The molecule has 0 saturated carbocycles. The van der Waals surface area contributed by atoms with E-state index in [-0.39, 0.29) is 41.7 Å². The first-order valence-electron chi connectivity index (χ1n) is 8.20. The predicted octanol–water partition coefficient (Wildman–Crippen LogP) is 1.90. The Kier molecular flexibility index (Phi) is 14.3. The largest absolute Gasteiger partial charge is 0.412 e. The highest BCUT2D eigenvalue weighted by molar-refractivity contribution is 5.99. The van der Waals surface area contributed by atoms with Crippen molar-refractivity contribution in [3.8, 4) is 0 Å². The molecule has 2 rings (SSSR count). The number of nitrogens with zero attached hydrogens (tertiary/aromatic N) is 1. The Morgan fingerprint density at radius 3 is 1.92 bits per heavy atom. The maximum absolute atomic E-state index is 12.9. The van der Waals surface area contributed by atoms with E-state index in [2.05, 4.69) is 29.4 Å². The molecule has 1 aliphatic heterocycles. The Labute approximate surface area is 169 Å². The lowest BCUT2D eigenvalue weighted by Crippen LogP contribution is -2.59. The summed E-state index contributed by atoms with van der Waals surface area (Å²) >= 11 is 0. The number of rotatable bonds is 4. The third kappa shape index (κ3) is 6.37. The van der Waals surface area contributed by atoms with Crippen molar-refractivity contribution < 1.29 is 15.7 Å². The second-order valence-corrected chi connectivity index (χ2v) is 6.68. The van der Waals surface area contributed by atoms with Crippen molar-refractivity contribution in [2.24, 2.45) is 0 Å². The van der Waals surface area contributed by atoms with E-state index in [9.17, 15) is 4.79 Å². The van der Waals surface area contributed by atoms with Crippen LogP contribution in [0.1, 0.15) is 37.8 Å². The van der Waals surface area contributed by atoms with Gasteiger partial charge in [-0.25, -0.2) is 0 Å². The molecule has 1 fully saturated rings. The SMILES string of the molecule is CNC1(C(=O)Nc2c(C)cccc2C)CCN(C(C)C)CC1.Cl.Cl.O.O. The van der Waals surface area contributed by atoms with Crippen LogP contribution in [0.15, 0.2) is 18.2 Å². The number of carbonyl (C=O) groups is 1. The fourth-order valence-electron chi connectivity index (χ4n) is 3.26. The third-order valence-electron chi connectivity index (χ3n) is 5.01. The monoisotopic (exact) mass is 411 g/mol. The van der Waals surface area contributed by atoms with Gasteiger partial charge in [-0.2, -0.15) is 0 Å². The molecule has 154 valence electrons. The zero-order valence-electron chi connectivity index (χ0n) is 16.3. The minimum Gasteiger partial charge on any atom is -0.412 e. The lowest BCUT2D eigenvalue weighted by Gasteiger charge is -2.42. The summed E-state index contributed by atoms with van der Waals surface area (Å²) in [5, 5.41) is 6.46. The number of para-hydroxylation sites is 1. The number of anilines is 1. The second-order valence-electron chi connectivity index (χ2n) is 6.68. The molecule has 6 nitrogen and oxygen atoms in total. The van der Waals surface area contributed by atoms with Crippen molar-refractivity contribution in [2.75, 3.05) is 25.5 Å². The molecule has 1 amide bonds. The minimum atomic E-state index is -0.458. The summed E-state index contributed by atoms with van der Waals surface area (Å²) in [5.41, 5.74) is 2.71. The summed E-state index contributed by atoms with van der Waals surface area (Å²) in [4.78, 5) is 15.3. The Morgan fingerprint density at radius 1 is 1.08 bits per heavy atom. The summed E-state index contributed by atoms with van der Waals surface area (Å²) in [7, 11) is 1.90. The smallest absolute Gasteiger partial charge is 0.244 e. The van der Waals surface area contributed by atoms with Crippen LogP contribution in [0.3, 0.4) is 0 Å². The van der Waals surface area contributed by atoms with Gasteiger partial charge in [0.2, 0.25) is 5.91 Å². The summed E-state index contributed by atoms with van der Waals surface area (Å²) in [6.45, 7) is 10.4. The van der Waals surface area contributed by atoms with Crippen molar-refractivity contribution in [3.63, 3.8) is 0 Å².